The van der Waals surface area contributed by atoms with E-state index >= 15 is 0 Å². The minimum atomic E-state index is -0.921. The molecule has 0 aromatic heterocycles. The number of amides is 2. The van der Waals surface area contributed by atoms with Crippen LogP contribution in [0.3, 0.4) is 0 Å². The number of nitrogens with one attached hydrogen (secondary N) is 1. The lowest BCUT2D eigenvalue weighted by atomic mass is 9.97. The first-order valence-corrected chi connectivity index (χ1v) is 12.3. The molecule has 2 saturated heterocycles. The Labute approximate surface area is 204 Å². The average Bonchev–Trinajstić information content (AvgIpc) is 3.45. The zero-order valence-electron chi connectivity index (χ0n) is 19.5. The van der Waals surface area contributed by atoms with Crippen LogP contribution in [0, 0.1) is 0 Å². The monoisotopic (exact) mass is 478 g/mol. The first kappa shape index (κ1) is 23.4. The van der Waals surface area contributed by atoms with E-state index in [2.05, 4.69) is 29.6 Å². The van der Waals surface area contributed by atoms with Crippen LogP contribution in [0.4, 0.5) is 4.79 Å². The third kappa shape index (κ3) is 4.75. The first-order chi connectivity index (χ1) is 17.0. The van der Waals surface area contributed by atoms with Gasteiger partial charge in [0.25, 0.3) is 5.91 Å². The zero-order chi connectivity index (χ0) is 24.4. The average molecular weight is 479 g/mol. The Morgan fingerprint density at radius 2 is 1.69 bits per heavy atom. The summed E-state index contributed by atoms with van der Waals surface area (Å²) >= 11 is 0. The number of hydrogen-bond acceptors (Lipinski definition) is 5. The summed E-state index contributed by atoms with van der Waals surface area (Å²) in [6.45, 7) is 1.05. The maximum absolute atomic E-state index is 13.2. The van der Waals surface area contributed by atoms with E-state index < -0.39 is 24.2 Å². The van der Waals surface area contributed by atoms with Gasteiger partial charge in [-0.25, -0.2) is 4.79 Å². The Morgan fingerprint density at radius 3 is 2.37 bits per heavy atom. The van der Waals surface area contributed by atoms with Gasteiger partial charge in [0.15, 0.2) is 6.10 Å². The summed E-state index contributed by atoms with van der Waals surface area (Å²) in [5, 5.41) is 12.1. The van der Waals surface area contributed by atoms with Gasteiger partial charge in [-0.2, -0.15) is 0 Å². The molecule has 8 heteroatoms. The summed E-state index contributed by atoms with van der Waals surface area (Å²) in [5.41, 5.74) is 4.58. The summed E-state index contributed by atoms with van der Waals surface area (Å²) in [7, 11) is 0. The number of rotatable bonds is 6. The van der Waals surface area contributed by atoms with Gasteiger partial charge < -0.3 is 24.8 Å². The molecule has 184 valence electrons. The highest BCUT2D eigenvalue weighted by Crippen LogP contribution is 2.44. The lowest BCUT2D eigenvalue weighted by Crippen LogP contribution is -2.54. The molecule has 35 heavy (non-hydrogen) atoms. The van der Waals surface area contributed by atoms with Crippen LogP contribution in [-0.4, -0.2) is 65.9 Å². The molecule has 2 fully saturated rings. The van der Waals surface area contributed by atoms with Gasteiger partial charge in [0.2, 0.25) is 0 Å². The van der Waals surface area contributed by atoms with Crippen LogP contribution in [0.15, 0.2) is 48.5 Å². The number of ether oxygens (including phenoxy) is 2. The standard InChI is InChI=1S/C27H30N2O6/c30-24(31)15-17-7-5-6-13-29(17)26(32)25-23(12-14-34-25)28-27(33)35-16-22-20-10-3-1-8-18(20)19-9-2-4-11-21(19)22/h1-4,8-11,17,22-23,25H,5-7,12-16H2,(H,28,33)(H,30,31). The molecule has 0 radical (unpaired) electrons. The molecular weight excluding hydrogens is 448 g/mol. The van der Waals surface area contributed by atoms with Crippen molar-refractivity contribution < 1.29 is 29.0 Å². The van der Waals surface area contributed by atoms with Gasteiger partial charge in [0.05, 0.1) is 12.5 Å². The largest absolute Gasteiger partial charge is 0.481 e. The van der Waals surface area contributed by atoms with Crippen molar-refractivity contribution in [2.75, 3.05) is 19.8 Å². The van der Waals surface area contributed by atoms with Gasteiger partial charge in [0, 0.05) is 25.1 Å². The van der Waals surface area contributed by atoms with Crippen molar-refractivity contribution in [2.24, 2.45) is 0 Å². The van der Waals surface area contributed by atoms with Crippen molar-refractivity contribution in [3.05, 3.63) is 59.7 Å². The van der Waals surface area contributed by atoms with E-state index in [0.29, 0.717) is 26.0 Å². The zero-order valence-corrected chi connectivity index (χ0v) is 19.5. The van der Waals surface area contributed by atoms with Crippen molar-refractivity contribution in [3.8, 4) is 11.1 Å². The number of likely N-dealkylation sites (tertiary alicyclic amines) is 1. The summed E-state index contributed by atoms with van der Waals surface area (Å²) in [4.78, 5) is 38.9. The number of carbonyl (C=O) groups excluding carboxylic acids is 2. The molecule has 0 bridgehead atoms. The third-order valence-electron chi connectivity index (χ3n) is 7.30. The molecule has 2 heterocycles. The van der Waals surface area contributed by atoms with E-state index in [0.717, 1.165) is 35.1 Å². The van der Waals surface area contributed by atoms with Crippen molar-refractivity contribution in [1.29, 1.82) is 0 Å². The molecule has 0 saturated carbocycles. The molecule has 0 spiro atoms. The van der Waals surface area contributed by atoms with Crippen LogP contribution in [-0.2, 0) is 19.1 Å². The summed E-state index contributed by atoms with van der Waals surface area (Å²) in [6, 6.07) is 15.4. The third-order valence-corrected chi connectivity index (χ3v) is 7.30. The molecule has 2 aromatic carbocycles. The molecule has 5 rings (SSSR count). The van der Waals surface area contributed by atoms with Gasteiger partial charge in [-0.05, 0) is 47.9 Å². The van der Waals surface area contributed by atoms with Gasteiger partial charge in [0.1, 0.15) is 6.61 Å². The van der Waals surface area contributed by atoms with Crippen molar-refractivity contribution in [3.63, 3.8) is 0 Å². The number of piperidine rings is 1. The molecular formula is C27H30N2O6. The van der Waals surface area contributed by atoms with E-state index in [1.54, 1.807) is 4.90 Å². The van der Waals surface area contributed by atoms with Gasteiger partial charge in [-0.1, -0.05) is 48.5 Å². The Bertz CT molecular complexity index is 1070. The van der Waals surface area contributed by atoms with Crippen LogP contribution in [0.2, 0.25) is 0 Å². The minimum Gasteiger partial charge on any atom is -0.481 e. The second-order valence-corrected chi connectivity index (χ2v) is 9.44. The normalized spacial score (nSPS) is 23.4. The van der Waals surface area contributed by atoms with E-state index in [9.17, 15) is 19.5 Å². The fourth-order valence-corrected chi connectivity index (χ4v) is 5.64. The van der Waals surface area contributed by atoms with Crippen LogP contribution < -0.4 is 5.32 Å². The Morgan fingerprint density at radius 1 is 1.00 bits per heavy atom. The summed E-state index contributed by atoms with van der Waals surface area (Å²) in [6.07, 6.45) is 1.40. The first-order valence-electron chi connectivity index (χ1n) is 12.3. The predicted molar refractivity (Wildman–Crippen MR) is 128 cm³/mol. The lowest BCUT2D eigenvalue weighted by molar-refractivity contribution is -0.148. The number of carboxylic acid groups (broad SMARTS) is 1. The number of alkyl carbamates (subject to hydrolysis) is 1. The molecule has 8 nitrogen and oxygen atoms in total. The van der Waals surface area contributed by atoms with Crippen LogP contribution >= 0.6 is 0 Å². The number of benzene rings is 2. The van der Waals surface area contributed by atoms with Crippen molar-refractivity contribution in [2.45, 2.75) is 56.2 Å². The second-order valence-electron chi connectivity index (χ2n) is 9.44. The topological polar surface area (TPSA) is 105 Å². The number of carboxylic acids is 1. The van der Waals surface area contributed by atoms with Crippen LogP contribution in [0.25, 0.3) is 11.1 Å². The van der Waals surface area contributed by atoms with Crippen molar-refractivity contribution >= 4 is 18.0 Å². The Hall–Kier alpha value is -3.39. The highest BCUT2D eigenvalue weighted by Gasteiger charge is 2.41. The Kier molecular flexibility index (Phi) is 6.72. The molecule has 2 aromatic rings. The predicted octanol–water partition coefficient (Wildman–Crippen LogP) is 3.54. The van der Waals surface area contributed by atoms with Gasteiger partial charge >= 0.3 is 12.1 Å². The number of nitrogens with zero attached hydrogens (tertiary/aromatic N) is 1. The number of fused-ring (bicyclic) bond motifs is 3. The van der Waals surface area contributed by atoms with E-state index in [-0.39, 0.29) is 30.9 Å². The minimum absolute atomic E-state index is 0.0458. The van der Waals surface area contributed by atoms with Gasteiger partial charge in [-0.3, -0.25) is 9.59 Å². The van der Waals surface area contributed by atoms with E-state index in [1.807, 2.05) is 24.3 Å². The number of hydrogen-bond donors (Lipinski definition) is 2. The number of aliphatic carboxylic acids is 1. The fourth-order valence-electron chi connectivity index (χ4n) is 5.64. The molecule has 2 N–H and O–H groups in total. The Balaban J connectivity index is 1.22. The van der Waals surface area contributed by atoms with E-state index in [4.69, 9.17) is 9.47 Å². The quantitative estimate of drug-likeness (QED) is 0.658. The van der Waals surface area contributed by atoms with Gasteiger partial charge in [-0.15, -0.1) is 0 Å². The molecule has 3 atom stereocenters. The SMILES string of the molecule is O=C(O)CC1CCCCN1C(=O)C1OCCC1NC(=O)OCC1c2ccccc2-c2ccccc21. The van der Waals surface area contributed by atoms with Crippen LogP contribution in [0.1, 0.15) is 49.1 Å². The second kappa shape index (κ2) is 10.1. The highest BCUT2D eigenvalue weighted by atomic mass is 16.6. The number of carbonyl (C=O) groups is 3. The molecule has 3 unspecified atom stereocenters. The smallest absolute Gasteiger partial charge is 0.407 e. The van der Waals surface area contributed by atoms with E-state index in [1.165, 1.54) is 0 Å². The lowest BCUT2D eigenvalue weighted by Gasteiger charge is -2.37. The highest BCUT2D eigenvalue weighted by molar-refractivity contribution is 5.84. The fraction of sp³-hybridized carbons (Fsp3) is 0.444. The molecule has 3 aliphatic rings. The van der Waals surface area contributed by atoms with Crippen molar-refractivity contribution in [1.82, 2.24) is 10.2 Å². The summed E-state index contributed by atoms with van der Waals surface area (Å²) < 4.78 is 11.3. The molecule has 2 aliphatic heterocycles. The molecule has 1 aliphatic carbocycles. The maximum atomic E-state index is 13.2. The maximum Gasteiger partial charge on any atom is 0.407 e. The summed E-state index contributed by atoms with van der Waals surface area (Å²) in [5.74, 6) is -1.22. The molecule has 2 amide bonds. The van der Waals surface area contributed by atoms with Crippen LogP contribution in [0.5, 0.6) is 0 Å².